The molecule has 0 aromatic rings. The molecule has 0 saturated carbocycles. The van der Waals surface area contributed by atoms with Crippen molar-refractivity contribution >= 4 is 7.26 Å². The number of rotatable bonds is 8. The van der Waals surface area contributed by atoms with Gasteiger partial charge < -0.3 is 0 Å². The Morgan fingerprint density at radius 3 is 1.69 bits per heavy atom. The first kappa shape index (κ1) is 13.4. The van der Waals surface area contributed by atoms with E-state index in [4.69, 9.17) is 0 Å². The monoisotopic (exact) mass is 203 g/mol. The second-order valence-electron chi connectivity index (χ2n) is 4.13. The van der Waals surface area contributed by atoms with E-state index in [0.29, 0.717) is 0 Å². The van der Waals surface area contributed by atoms with Gasteiger partial charge >= 0.3 is 0 Å². The molecule has 0 amide bonds. The molecule has 0 spiro atoms. The highest BCUT2D eigenvalue weighted by Crippen LogP contribution is 2.59. The first-order valence-electron chi connectivity index (χ1n) is 6.09. The van der Waals surface area contributed by atoms with Crippen molar-refractivity contribution < 1.29 is 0 Å². The van der Waals surface area contributed by atoms with Crippen LogP contribution in [0.25, 0.3) is 0 Å². The molecule has 0 unspecified atom stereocenters. The van der Waals surface area contributed by atoms with Gasteiger partial charge in [-0.15, -0.1) is 0 Å². The van der Waals surface area contributed by atoms with Gasteiger partial charge in [-0.05, 0) is 26.7 Å². The lowest BCUT2D eigenvalue weighted by Crippen LogP contribution is -2.08. The summed E-state index contributed by atoms with van der Waals surface area (Å²) in [7, 11) is -0.488. The lowest BCUT2D eigenvalue weighted by Gasteiger charge is -2.24. The molecule has 0 radical (unpaired) electrons. The molecular weight excluding hydrogens is 175 g/mol. The van der Waals surface area contributed by atoms with Crippen LogP contribution in [0.5, 0.6) is 0 Å². The molecule has 0 aliphatic heterocycles. The highest BCUT2D eigenvalue weighted by atomic mass is 31.2. The molecule has 0 aromatic heterocycles. The third-order valence-corrected chi connectivity index (χ3v) is 8.62. The van der Waals surface area contributed by atoms with Crippen LogP contribution in [-0.2, 0) is 0 Å². The summed E-state index contributed by atoms with van der Waals surface area (Å²) in [5.41, 5.74) is 0. The van der Waals surface area contributed by atoms with Gasteiger partial charge in [0.1, 0.15) is 0 Å². The summed E-state index contributed by atoms with van der Waals surface area (Å²) < 4.78 is 0. The molecule has 0 N–H and O–H groups in total. The van der Waals surface area contributed by atoms with E-state index < -0.39 is 7.26 Å². The quantitative estimate of drug-likeness (QED) is 0.398. The Kier molecular flexibility index (Phi) is 8.06. The van der Waals surface area contributed by atoms with E-state index in [0.717, 1.165) is 0 Å². The Labute approximate surface area is 85.8 Å². The zero-order valence-corrected chi connectivity index (χ0v) is 11.0. The molecule has 0 bridgehead atoms. The van der Waals surface area contributed by atoms with Gasteiger partial charge in [-0.2, -0.15) is 0 Å². The summed E-state index contributed by atoms with van der Waals surface area (Å²) in [5, 5.41) is 0. The van der Waals surface area contributed by atoms with Crippen molar-refractivity contribution in [1.29, 1.82) is 0 Å². The Balaban J connectivity index is 3.89. The SMILES string of the molecule is CCCCC[P+](CC)(CC)CCC. The molecule has 0 atom stereocenters. The predicted octanol–water partition coefficient (Wildman–Crippen LogP) is 4.64. The average molecular weight is 203 g/mol. The summed E-state index contributed by atoms with van der Waals surface area (Å²) in [6.07, 6.45) is 11.8. The predicted molar refractivity (Wildman–Crippen MR) is 67.6 cm³/mol. The van der Waals surface area contributed by atoms with Crippen molar-refractivity contribution in [3.63, 3.8) is 0 Å². The second-order valence-corrected chi connectivity index (χ2v) is 8.97. The van der Waals surface area contributed by atoms with E-state index in [1.807, 2.05) is 0 Å². The Bertz CT molecular complexity index is 106. The summed E-state index contributed by atoms with van der Waals surface area (Å²) in [6, 6.07) is 0. The van der Waals surface area contributed by atoms with E-state index >= 15 is 0 Å². The third-order valence-electron chi connectivity index (χ3n) is 3.28. The largest absolute Gasteiger partial charge is 0.0654 e. The van der Waals surface area contributed by atoms with Crippen molar-refractivity contribution in [3.8, 4) is 0 Å². The number of unbranched alkanes of at least 4 members (excludes halogenated alkanes) is 2. The van der Waals surface area contributed by atoms with Gasteiger partial charge in [0.05, 0.1) is 24.6 Å². The molecule has 80 valence electrons. The first-order valence-corrected chi connectivity index (χ1v) is 8.62. The summed E-state index contributed by atoms with van der Waals surface area (Å²) in [5.74, 6) is 0. The molecule has 0 heterocycles. The van der Waals surface area contributed by atoms with Crippen LogP contribution in [-0.4, -0.2) is 24.6 Å². The van der Waals surface area contributed by atoms with Crippen molar-refractivity contribution in [2.24, 2.45) is 0 Å². The maximum absolute atomic E-state index is 2.42. The Hall–Kier alpha value is 0.430. The summed E-state index contributed by atoms with van der Waals surface area (Å²) >= 11 is 0. The number of hydrogen-bond donors (Lipinski definition) is 0. The van der Waals surface area contributed by atoms with Gasteiger partial charge in [-0.25, -0.2) is 0 Å². The molecule has 0 rings (SSSR count). The van der Waals surface area contributed by atoms with E-state index in [2.05, 4.69) is 27.7 Å². The minimum atomic E-state index is -0.488. The van der Waals surface area contributed by atoms with E-state index in [1.165, 1.54) is 38.0 Å². The van der Waals surface area contributed by atoms with Gasteiger partial charge in [0.2, 0.25) is 0 Å². The van der Waals surface area contributed by atoms with Gasteiger partial charge in [0.15, 0.2) is 0 Å². The van der Waals surface area contributed by atoms with Crippen LogP contribution in [0.15, 0.2) is 0 Å². The average Bonchev–Trinajstić information content (AvgIpc) is 2.17. The van der Waals surface area contributed by atoms with Crippen molar-refractivity contribution in [2.45, 2.75) is 53.4 Å². The zero-order valence-electron chi connectivity index (χ0n) is 10.1. The van der Waals surface area contributed by atoms with Crippen LogP contribution < -0.4 is 0 Å². The van der Waals surface area contributed by atoms with Crippen LogP contribution in [0.4, 0.5) is 0 Å². The number of hydrogen-bond acceptors (Lipinski definition) is 0. The smallest absolute Gasteiger partial charge is 0.0594 e. The highest BCUT2D eigenvalue weighted by molar-refractivity contribution is 7.75. The fourth-order valence-corrected chi connectivity index (χ4v) is 5.92. The van der Waals surface area contributed by atoms with E-state index in [1.54, 1.807) is 12.3 Å². The fraction of sp³-hybridized carbons (Fsp3) is 1.00. The van der Waals surface area contributed by atoms with Crippen molar-refractivity contribution in [3.05, 3.63) is 0 Å². The summed E-state index contributed by atoms with van der Waals surface area (Å²) in [6.45, 7) is 9.48. The molecular formula is C12H28P+. The molecule has 0 nitrogen and oxygen atoms in total. The molecule has 0 aliphatic carbocycles. The van der Waals surface area contributed by atoms with E-state index in [9.17, 15) is 0 Å². The fourth-order valence-electron chi connectivity index (χ4n) is 2.14. The maximum atomic E-state index is 2.42. The zero-order chi connectivity index (χ0) is 10.2. The van der Waals surface area contributed by atoms with Gasteiger partial charge in [0, 0.05) is 7.26 Å². The second kappa shape index (κ2) is 7.80. The normalized spacial score (nSPS) is 12.0. The Morgan fingerprint density at radius 2 is 1.31 bits per heavy atom. The minimum Gasteiger partial charge on any atom is -0.0654 e. The molecule has 1 heteroatoms. The van der Waals surface area contributed by atoms with Crippen LogP contribution in [0, 0.1) is 0 Å². The Morgan fingerprint density at radius 1 is 0.692 bits per heavy atom. The minimum absolute atomic E-state index is 0.488. The standard InChI is InChI=1S/C12H28P/c1-5-9-10-12-13(7-3,8-4)11-6-2/h5-12H2,1-4H3/q+1. The summed E-state index contributed by atoms with van der Waals surface area (Å²) in [4.78, 5) is 0. The van der Waals surface area contributed by atoms with Crippen LogP contribution in [0.3, 0.4) is 0 Å². The van der Waals surface area contributed by atoms with Crippen LogP contribution in [0.2, 0.25) is 0 Å². The lowest BCUT2D eigenvalue weighted by atomic mass is 10.3. The molecule has 0 aliphatic rings. The first-order chi connectivity index (χ1) is 6.24. The molecule has 0 fully saturated rings. The van der Waals surface area contributed by atoms with E-state index in [-0.39, 0.29) is 0 Å². The highest BCUT2D eigenvalue weighted by Gasteiger charge is 2.30. The van der Waals surface area contributed by atoms with Crippen molar-refractivity contribution in [1.82, 2.24) is 0 Å². The third kappa shape index (κ3) is 5.01. The van der Waals surface area contributed by atoms with Crippen molar-refractivity contribution in [2.75, 3.05) is 24.6 Å². The van der Waals surface area contributed by atoms with Crippen LogP contribution >= 0.6 is 7.26 Å². The van der Waals surface area contributed by atoms with Gasteiger partial charge in [-0.3, -0.25) is 0 Å². The molecule has 0 saturated heterocycles. The van der Waals surface area contributed by atoms with Crippen LogP contribution in [0.1, 0.15) is 53.4 Å². The molecule has 13 heavy (non-hydrogen) atoms. The maximum Gasteiger partial charge on any atom is 0.0594 e. The molecule has 0 aromatic carbocycles. The lowest BCUT2D eigenvalue weighted by molar-refractivity contribution is 0.771. The topological polar surface area (TPSA) is 0 Å². The van der Waals surface area contributed by atoms with Gasteiger partial charge in [0.25, 0.3) is 0 Å². The van der Waals surface area contributed by atoms with Gasteiger partial charge in [-0.1, -0.05) is 26.7 Å².